The Morgan fingerprint density at radius 2 is 1.90 bits per heavy atom. The fraction of sp³-hybridized carbons (Fsp3) is 0.208. The average molecular weight is 469 g/mol. The van der Waals surface area contributed by atoms with E-state index in [2.05, 4.69) is 39.6 Å². The van der Waals surface area contributed by atoms with Crippen LogP contribution in [0.25, 0.3) is 0 Å². The Bertz CT molecular complexity index is 1090. The Morgan fingerprint density at radius 1 is 1.17 bits per heavy atom. The maximum absolute atomic E-state index is 12.2. The summed E-state index contributed by atoms with van der Waals surface area (Å²) in [6, 6.07) is 19.9. The molecule has 0 saturated heterocycles. The molecule has 1 aliphatic heterocycles. The van der Waals surface area contributed by atoms with Crippen LogP contribution in [0.4, 0.5) is 0 Å². The second-order valence-corrected chi connectivity index (χ2v) is 9.05. The monoisotopic (exact) mass is 467 g/mol. The first-order valence-electron chi connectivity index (χ1n) is 9.50. The predicted molar refractivity (Wildman–Crippen MR) is 117 cm³/mol. The summed E-state index contributed by atoms with van der Waals surface area (Å²) >= 11 is 9.71. The quantitative estimate of drug-likeness (QED) is 0.482. The first-order chi connectivity index (χ1) is 14.0. The number of hydrogen-bond acceptors (Lipinski definition) is 3. The molecule has 3 nitrogen and oxygen atoms in total. The number of nitrogens with zero attached hydrogens (tertiary/aromatic N) is 1. The first kappa shape index (κ1) is 18.9. The summed E-state index contributed by atoms with van der Waals surface area (Å²) in [5.41, 5.74) is 0.189. The van der Waals surface area contributed by atoms with Crippen LogP contribution in [-0.2, 0) is 11.2 Å². The zero-order valence-electron chi connectivity index (χ0n) is 15.6. The molecule has 146 valence electrons. The van der Waals surface area contributed by atoms with Crippen molar-refractivity contribution in [3.63, 3.8) is 0 Å². The van der Waals surface area contributed by atoms with Crippen LogP contribution < -0.4 is 4.74 Å². The fourth-order valence-corrected chi connectivity index (χ4v) is 5.52. The molecule has 0 bridgehead atoms. The van der Waals surface area contributed by atoms with Crippen LogP contribution in [0.1, 0.15) is 29.2 Å². The molecule has 0 amide bonds. The molecule has 3 aromatic rings. The van der Waals surface area contributed by atoms with Crippen molar-refractivity contribution in [2.75, 3.05) is 0 Å². The highest BCUT2D eigenvalue weighted by atomic mass is 79.9. The average Bonchev–Trinajstić information content (AvgIpc) is 3.12. The third kappa shape index (κ3) is 2.56. The molecule has 1 N–H and O–H groups in total. The molecule has 2 aliphatic rings. The number of hydrogen-bond donors (Lipinski definition) is 1. The van der Waals surface area contributed by atoms with Gasteiger partial charge in [-0.1, -0.05) is 76.1 Å². The highest BCUT2D eigenvalue weighted by molar-refractivity contribution is 9.10. The van der Waals surface area contributed by atoms with E-state index in [0.717, 1.165) is 15.6 Å². The van der Waals surface area contributed by atoms with Gasteiger partial charge in [0.25, 0.3) is 0 Å². The topological polar surface area (TPSA) is 42.4 Å². The van der Waals surface area contributed by atoms with Gasteiger partial charge < -0.3 is 9.84 Å². The van der Waals surface area contributed by atoms with Crippen LogP contribution in [-0.4, -0.2) is 10.1 Å². The van der Waals surface area contributed by atoms with Gasteiger partial charge in [-0.3, -0.25) is 4.98 Å². The fourth-order valence-electron chi connectivity index (χ4n) is 5.11. The lowest BCUT2D eigenvalue weighted by Crippen LogP contribution is -2.48. The molecule has 1 aromatic heterocycles. The minimum absolute atomic E-state index is 0.0108. The van der Waals surface area contributed by atoms with Gasteiger partial charge in [0.2, 0.25) is 0 Å². The first-order valence-corrected chi connectivity index (χ1v) is 10.7. The number of halogens is 2. The van der Waals surface area contributed by atoms with Gasteiger partial charge in [-0.05, 0) is 35.6 Å². The smallest absolute Gasteiger partial charge is 0.176 e. The standard InChI is InChI=1S/C24H19BrClNO2/c1-2-15-13-23(28)22-20(12-19(26)14-27-22)29-24(23,17-8-10-18(25)11-9-17)21(15)16-6-4-3-5-7-16/h2-12,14-15,21,28H,1,13H2/t15-,21-,23+,24-/m0/s1. The van der Waals surface area contributed by atoms with Gasteiger partial charge in [0.15, 0.2) is 11.2 Å². The van der Waals surface area contributed by atoms with Crippen molar-refractivity contribution in [1.82, 2.24) is 4.98 Å². The third-order valence-corrected chi connectivity index (χ3v) is 6.96. The van der Waals surface area contributed by atoms with Crippen molar-refractivity contribution >= 4 is 27.5 Å². The van der Waals surface area contributed by atoms with E-state index >= 15 is 0 Å². The van der Waals surface area contributed by atoms with Crippen molar-refractivity contribution in [3.8, 4) is 5.75 Å². The van der Waals surface area contributed by atoms with Gasteiger partial charge in [-0.15, -0.1) is 6.58 Å². The van der Waals surface area contributed by atoms with E-state index in [1.54, 1.807) is 12.3 Å². The van der Waals surface area contributed by atoms with E-state index < -0.39 is 11.2 Å². The normalized spacial score (nSPS) is 29.8. The zero-order chi connectivity index (χ0) is 20.2. The summed E-state index contributed by atoms with van der Waals surface area (Å²) in [6.45, 7) is 4.07. The van der Waals surface area contributed by atoms with Crippen LogP contribution in [0.5, 0.6) is 5.75 Å². The van der Waals surface area contributed by atoms with E-state index in [1.807, 2.05) is 48.5 Å². The molecule has 1 fully saturated rings. The zero-order valence-corrected chi connectivity index (χ0v) is 17.9. The van der Waals surface area contributed by atoms with E-state index in [0.29, 0.717) is 22.9 Å². The van der Waals surface area contributed by atoms with Gasteiger partial charge >= 0.3 is 0 Å². The predicted octanol–water partition coefficient (Wildman–Crippen LogP) is 5.96. The Hall–Kier alpha value is -2.14. The summed E-state index contributed by atoms with van der Waals surface area (Å²) in [7, 11) is 0. The second kappa shape index (κ2) is 6.69. The van der Waals surface area contributed by atoms with Crippen molar-refractivity contribution in [3.05, 3.63) is 106 Å². The molecule has 2 aromatic carbocycles. The molecule has 29 heavy (non-hydrogen) atoms. The molecule has 1 aliphatic carbocycles. The van der Waals surface area contributed by atoms with Crippen LogP contribution in [0.2, 0.25) is 5.02 Å². The lowest BCUT2D eigenvalue weighted by molar-refractivity contribution is -0.107. The SMILES string of the molecule is C=C[C@H]1C[C@@]2(O)c3ncc(Cl)cc3O[C@@]2(c2ccc(Br)cc2)[C@@H]1c1ccccc1. The second-order valence-electron chi connectivity index (χ2n) is 7.70. The van der Waals surface area contributed by atoms with Crippen LogP contribution in [0.15, 0.2) is 84.0 Å². The van der Waals surface area contributed by atoms with Crippen molar-refractivity contribution < 1.29 is 9.84 Å². The van der Waals surface area contributed by atoms with Gasteiger partial charge in [-0.25, -0.2) is 0 Å². The Morgan fingerprint density at radius 3 is 2.59 bits per heavy atom. The molecule has 0 radical (unpaired) electrons. The van der Waals surface area contributed by atoms with E-state index in [9.17, 15) is 5.11 Å². The van der Waals surface area contributed by atoms with Crippen molar-refractivity contribution in [2.24, 2.45) is 5.92 Å². The summed E-state index contributed by atoms with van der Waals surface area (Å²) in [6.07, 6.45) is 3.96. The van der Waals surface area contributed by atoms with Gasteiger partial charge in [0.1, 0.15) is 11.4 Å². The van der Waals surface area contributed by atoms with E-state index in [1.165, 1.54) is 0 Å². The maximum atomic E-state index is 12.2. The van der Waals surface area contributed by atoms with Crippen molar-refractivity contribution in [1.29, 1.82) is 0 Å². The summed E-state index contributed by atoms with van der Waals surface area (Å²) in [5.74, 6) is 0.406. The number of aliphatic hydroxyl groups is 1. The summed E-state index contributed by atoms with van der Waals surface area (Å²) in [5, 5.41) is 12.7. The van der Waals surface area contributed by atoms with E-state index in [4.69, 9.17) is 16.3 Å². The van der Waals surface area contributed by atoms with E-state index in [-0.39, 0.29) is 11.8 Å². The number of allylic oxidation sites excluding steroid dienone is 1. The van der Waals surface area contributed by atoms with Crippen LogP contribution in [0.3, 0.4) is 0 Å². The Kier molecular flexibility index (Phi) is 4.35. The molecular formula is C24H19BrClNO2. The molecule has 0 unspecified atom stereocenters. The number of benzene rings is 2. The minimum Gasteiger partial charge on any atom is -0.476 e. The molecule has 5 heteroatoms. The number of aromatic nitrogens is 1. The Labute approximate surface area is 183 Å². The largest absolute Gasteiger partial charge is 0.476 e. The van der Waals surface area contributed by atoms with Gasteiger partial charge in [0.05, 0.1) is 5.02 Å². The molecular weight excluding hydrogens is 450 g/mol. The molecule has 4 atom stereocenters. The number of pyridine rings is 1. The summed E-state index contributed by atoms with van der Waals surface area (Å²) in [4.78, 5) is 4.51. The minimum atomic E-state index is -1.31. The highest BCUT2D eigenvalue weighted by Crippen LogP contribution is 2.68. The maximum Gasteiger partial charge on any atom is 0.176 e. The number of ether oxygens (including phenoxy) is 1. The van der Waals surface area contributed by atoms with Crippen LogP contribution >= 0.6 is 27.5 Å². The Balaban J connectivity index is 1.82. The number of fused-ring (bicyclic) bond motifs is 3. The number of rotatable bonds is 3. The van der Waals surface area contributed by atoms with Crippen molar-refractivity contribution in [2.45, 2.75) is 23.5 Å². The molecule has 0 spiro atoms. The molecule has 5 rings (SSSR count). The third-order valence-electron chi connectivity index (χ3n) is 6.23. The summed E-state index contributed by atoms with van der Waals surface area (Å²) < 4.78 is 7.63. The lowest BCUT2D eigenvalue weighted by atomic mass is 9.72. The van der Waals surface area contributed by atoms with Gasteiger partial charge in [-0.2, -0.15) is 0 Å². The molecule has 1 saturated carbocycles. The lowest BCUT2D eigenvalue weighted by Gasteiger charge is -2.40. The highest BCUT2D eigenvalue weighted by Gasteiger charge is 2.71. The van der Waals surface area contributed by atoms with Gasteiger partial charge in [0, 0.05) is 22.7 Å². The molecule has 2 heterocycles. The van der Waals surface area contributed by atoms with Crippen LogP contribution in [0, 0.1) is 5.92 Å².